The number of rotatable bonds is 8. The number of ether oxygens (including phenoxy) is 1. The van der Waals surface area contributed by atoms with Crippen molar-refractivity contribution in [1.82, 2.24) is 9.80 Å². The van der Waals surface area contributed by atoms with Crippen LogP contribution in [-0.2, 0) is 27.7 Å². The van der Waals surface area contributed by atoms with Crippen molar-refractivity contribution in [2.24, 2.45) is 0 Å². The average Bonchev–Trinajstić information content (AvgIpc) is 3.30. The lowest BCUT2D eigenvalue weighted by molar-refractivity contribution is -0.133. The molecule has 1 aliphatic heterocycles. The van der Waals surface area contributed by atoms with Gasteiger partial charge in [-0.3, -0.25) is 9.69 Å². The zero-order chi connectivity index (χ0) is 20.1. The number of likely N-dealkylation sites (N-methyl/N-ethyl adjacent to an activating group) is 1. The summed E-state index contributed by atoms with van der Waals surface area (Å²) in [7, 11) is 0.326. The zero-order valence-corrected chi connectivity index (χ0v) is 17.8. The van der Waals surface area contributed by atoms with Crippen LogP contribution < -0.4 is 4.74 Å². The van der Waals surface area contributed by atoms with E-state index >= 15 is 0 Å². The number of hydrogen-bond acceptors (Lipinski definition) is 6. The third-order valence-corrected chi connectivity index (χ3v) is 7.67. The summed E-state index contributed by atoms with van der Waals surface area (Å²) in [6.07, 6.45) is 0.516. The number of nitrogens with zero attached hydrogens (tertiary/aromatic N) is 2. The van der Waals surface area contributed by atoms with Crippen LogP contribution in [0.1, 0.15) is 16.9 Å². The van der Waals surface area contributed by atoms with E-state index in [4.69, 9.17) is 4.74 Å². The minimum atomic E-state index is -3.02. The first-order valence-corrected chi connectivity index (χ1v) is 11.9. The monoisotopic (exact) mass is 422 g/mol. The molecule has 0 aliphatic carbocycles. The molecule has 3 rings (SSSR count). The molecule has 152 valence electrons. The van der Waals surface area contributed by atoms with Gasteiger partial charge in [-0.15, -0.1) is 11.3 Å². The van der Waals surface area contributed by atoms with Crippen LogP contribution in [0.4, 0.5) is 0 Å². The number of sulfone groups is 1. The van der Waals surface area contributed by atoms with E-state index in [1.54, 1.807) is 30.4 Å². The van der Waals surface area contributed by atoms with E-state index < -0.39 is 9.84 Å². The molecule has 6 nitrogen and oxygen atoms in total. The number of para-hydroxylation sites is 1. The fourth-order valence-corrected chi connectivity index (χ4v) is 5.97. The third kappa shape index (κ3) is 5.33. The van der Waals surface area contributed by atoms with Gasteiger partial charge in [-0.05, 0) is 23.9 Å². The van der Waals surface area contributed by atoms with Crippen LogP contribution in [0.15, 0.2) is 41.8 Å². The number of hydrogen-bond donors (Lipinski definition) is 0. The Balaban J connectivity index is 1.72. The van der Waals surface area contributed by atoms with Crippen LogP contribution in [0, 0.1) is 0 Å². The van der Waals surface area contributed by atoms with E-state index in [1.807, 2.05) is 35.7 Å². The first kappa shape index (κ1) is 20.8. The van der Waals surface area contributed by atoms with E-state index in [2.05, 4.69) is 11.0 Å². The van der Waals surface area contributed by atoms with Gasteiger partial charge in [0.05, 0.1) is 25.2 Å². The van der Waals surface area contributed by atoms with E-state index in [1.165, 1.54) is 4.88 Å². The summed E-state index contributed by atoms with van der Waals surface area (Å²) >= 11 is 1.66. The quantitative estimate of drug-likeness (QED) is 0.654. The first-order chi connectivity index (χ1) is 13.4. The van der Waals surface area contributed by atoms with Gasteiger partial charge in [0.1, 0.15) is 5.75 Å². The summed E-state index contributed by atoms with van der Waals surface area (Å²) in [5, 5.41) is 2.02. The Morgan fingerprint density at radius 2 is 2.00 bits per heavy atom. The fraction of sp³-hybridized carbons (Fsp3) is 0.450. The van der Waals surface area contributed by atoms with Crippen molar-refractivity contribution < 1.29 is 17.9 Å². The van der Waals surface area contributed by atoms with Crippen LogP contribution in [0.5, 0.6) is 5.75 Å². The summed E-state index contributed by atoms with van der Waals surface area (Å²) in [5.74, 6) is 0.956. The van der Waals surface area contributed by atoms with Gasteiger partial charge in [-0.2, -0.15) is 0 Å². The molecule has 1 atom stereocenters. The largest absolute Gasteiger partial charge is 0.496 e. The Kier molecular flexibility index (Phi) is 6.74. The van der Waals surface area contributed by atoms with Gasteiger partial charge in [-0.1, -0.05) is 24.3 Å². The summed E-state index contributed by atoms with van der Waals surface area (Å²) in [6, 6.07) is 11.6. The van der Waals surface area contributed by atoms with Gasteiger partial charge in [0, 0.05) is 36.6 Å². The zero-order valence-electron chi connectivity index (χ0n) is 16.2. The normalized spacial score (nSPS) is 18.3. The van der Waals surface area contributed by atoms with Crippen molar-refractivity contribution >= 4 is 27.1 Å². The van der Waals surface area contributed by atoms with Crippen molar-refractivity contribution in [3.63, 3.8) is 0 Å². The highest BCUT2D eigenvalue weighted by molar-refractivity contribution is 7.91. The van der Waals surface area contributed by atoms with Crippen molar-refractivity contribution in [1.29, 1.82) is 0 Å². The molecule has 8 heteroatoms. The van der Waals surface area contributed by atoms with Crippen LogP contribution in [0.3, 0.4) is 0 Å². The second-order valence-corrected chi connectivity index (χ2v) is 10.4. The summed E-state index contributed by atoms with van der Waals surface area (Å²) in [6.45, 7) is 1.45. The molecule has 2 aromatic rings. The number of carbonyl (C=O) groups is 1. The lowest BCUT2D eigenvalue weighted by atomic mass is 10.1. The molecule has 0 radical (unpaired) electrons. The second kappa shape index (κ2) is 9.07. The highest BCUT2D eigenvalue weighted by atomic mass is 32.2. The molecule has 1 aromatic carbocycles. The molecule has 0 N–H and O–H groups in total. The molecule has 1 amide bonds. The molecule has 0 spiro atoms. The lowest BCUT2D eigenvalue weighted by Crippen LogP contribution is -2.43. The van der Waals surface area contributed by atoms with Gasteiger partial charge in [0.2, 0.25) is 5.91 Å². The predicted molar refractivity (Wildman–Crippen MR) is 111 cm³/mol. The number of methoxy groups -OCH3 is 1. The number of carbonyl (C=O) groups excluding carboxylic acids is 1. The highest BCUT2D eigenvalue weighted by Crippen LogP contribution is 2.22. The van der Waals surface area contributed by atoms with Crippen molar-refractivity contribution in [2.45, 2.75) is 25.6 Å². The minimum absolute atomic E-state index is 0.0615. The van der Waals surface area contributed by atoms with Gasteiger partial charge in [0.25, 0.3) is 0 Å². The minimum Gasteiger partial charge on any atom is -0.496 e. The smallest absolute Gasteiger partial charge is 0.236 e. The summed E-state index contributed by atoms with van der Waals surface area (Å²) < 4.78 is 29.0. The number of amides is 1. The molecule has 1 aromatic heterocycles. The van der Waals surface area contributed by atoms with Gasteiger partial charge < -0.3 is 9.64 Å². The van der Waals surface area contributed by atoms with Gasteiger partial charge in [0.15, 0.2) is 9.84 Å². The fourth-order valence-electron chi connectivity index (χ4n) is 3.45. The van der Waals surface area contributed by atoms with Crippen LogP contribution >= 0.6 is 11.3 Å². The molecule has 0 saturated carbocycles. The highest BCUT2D eigenvalue weighted by Gasteiger charge is 2.33. The molecule has 1 unspecified atom stereocenters. The first-order valence-electron chi connectivity index (χ1n) is 9.20. The Hall–Kier alpha value is -1.90. The Bertz CT molecular complexity index is 897. The average molecular weight is 423 g/mol. The van der Waals surface area contributed by atoms with Gasteiger partial charge >= 0.3 is 0 Å². The topological polar surface area (TPSA) is 66.9 Å². The van der Waals surface area contributed by atoms with Crippen LogP contribution in [-0.4, -0.2) is 62.4 Å². The Morgan fingerprint density at radius 3 is 2.64 bits per heavy atom. The predicted octanol–water partition coefficient (Wildman–Crippen LogP) is 2.40. The van der Waals surface area contributed by atoms with E-state index in [0.29, 0.717) is 19.5 Å². The van der Waals surface area contributed by atoms with Gasteiger partial charge in [-0.25, -0.2) is 8.42 Å². The molecular weight excluding hydrogens is 396 g/mol. The maximum atomic E-state index is 12.9. The molecule has 1 fully saturated rings. The van der Waals surface area contributed by atoms with Crippen LogP contribution in [0.2, 0.25) is 0 Å². The molecule has 1 aliphatic rings. The summed E-state index contributed by atoms with van der Waals surface area (Å²) in [5.41, 5.74) is 1.01. The van der Waals surface area contributed by atoms with E-state index in [9.17, 15) is 13.2 Å². The Morgan fingerprint density at radius 1 is 1.21 bits per heavy atom. The van der Waals surface area contributed by atoms with Crippen molar-refractivity contribution in [2.75, 3.05) is 32.2 Å². The lowest BCUT2D eigenvalue weighted by Gasteiger charge is -2.28. The van der Waals surface area contributed by atoms with Crippen molar-refractivity contribution in [3.8, 4) is 5.75 Å². The van der Waals surface area contributed by atoms with E-state index in [0.717, 1.165) is 11.3 Å². The maximum absolute atomic E-state index is 12.9. The molecule has 28 heavy (non-hydrogen) atoms. The number of benzene rings is 1. The van der Waals surface area contributed by atoms with Crippen LogP contribution in [0.25, 0.3) is 0 Å². The standard InChI is InChI=1S/C20H26N2O4S2/c1-21(17-9-11-28(24,25)15-17)20(23)14-22(13-18-7-5-10-27-18)12-16-6-3-4-8-19(16)26-2/h3-8,10,17H,9,11-15H2,1-2H3. The number of thiophene rings is 1. The summed E-state index contributed by atoms with van der Waals surface area (Å²) in [4.78, 5) is 17.7. The second-order valence-electron chi connectivity index (χ2n) is 7.10. The van der Waals surface area contributed by atoms with E-state index in [-0.39, 0.29) is 30.0 Å². The third-order valence-electron chi connectivity index (χ3n) is 5.05. The SMILES string of the molecule is COc1ccccc1CN(CC(=O)N(C)C1CCS(=O)(=O)C1)Cc1cccs1. The molecule has 1 saturated heterocycles. The molecular formula is C20H26N2O4S2. The van der Waals surface area contributed by atoms with Crippen molar-refractivity contribution in [3.05, 3.63) is 52.2 Å². The maximum Gasteiger partial charge on any atom is 0.236 e. The molecule has 2 heterocycles. The Labute approximate surface area is 170 Å². The molecule has 0 bridgehead atoms.